The lowest BCUT2D eigenvalue weighted by Crippen LogP contribution is -2.27. The topological polar surface area (TPSA) is 41.9 Å². The molecular weight excluding hydrogens is 360 g/mol. The van der Waals surface area contributed by atoms with E-state index >= 15 is 0 Å². The van der Waals surface area contributed by atoms with Crippen LogP contribution in [0.3, 0.4) is 0 Å². The summed E-state index contributed by atoms with van der Waals surface area (Å²) in [6.07, 6.45) is -1.72. The first-order valence-corrected chi connectivity index (χ1v) is 8.48. The maximum absolute atomic E-state index is 13.0. The smallest absolute Gasteiger partial charge is 0.288 e. The van der Waals surface area contributed by atoms with Crippen LogP contribution >= 0.6 is 12.2 Å². The molecule has 0 fully saturated rings. The standard InChI is InChI=1S/C19H21F2NO3S/c1-4-13-5-8-17(12(2)9-13)25-11-15-10-14(18(20)21)6-7-16(15)22(23)19(26)24-3/h5-10,18,23H,4,11H2,1-3H3. The van der Waals surface area contributed by atoms with Crippen LogP contribution in [0.4, 0.5) is 14.5 Å². The Morgan fingerprint density at radius 3 is 2.54 bits per heavy atom. The van der Waals surface area contributed by atoms with Gasteiger partial charge in [-0.15, -0.1) is 0 Å². The third-order valence-corrected chi connectivity index (χ3v) is 4.30. The van der Waals surface area contributed by atoms with Gasteiger partial charge >= 0.3 is 0 Å². The second-order valence-electron chi connectivity index (χ2n) is 5.71. The van der Waals surface area contributed by atoms with Crippen molar-refractivity contribution in [1.82, 2.24) is 0 Å². The normalized spacial score (nSPS) is 10.7. The number of rotatable bonds is 6. The van der Waals surface area contributed by atoms with Gasteiger partial charge in [0.1, 0.15) is 12.4 Å². The summed E-state index contributed by atoms with van der Waals surface area (Å²) in [5.74, 6) is 0.648. The van der Waals surface area contributed by atoms with Crippen LogP contribution in [0, 0.1) is 6.92 Å². The van der Waals surface area contributed by atoms with Crippen molar-refractivity contribution in [3.8, 4) is 5.75 Å². The van der Waals surface area contributed by atoms with E-state index in [1.54, 1.807) is 0 Å². The molecule has 0 amide bonds. The van der Waals surface area contributed by atoms with Crippen molar-refractivity contribution in [2.75, 3.05) is 12.2 Å². The van der Waals surface area contributed by atoms with E-state index in [1.165, 1.54) is 30.9 Å². The van der Waals surface area contributed by atoms with E-state index < -0.39 is 6.43 Å². The van der Waals surface area contributed by atoms with Crippen LogP contribution in [0.25, 0.3) is 0 Å². The highest BCUT2D eigenvalue weighted by Crippen LogP contribution is 2.29. The molecule has 0 unspecified atom stereocenters. The van der Waals surface area contributed by atoms with Crippen molar-refractivity contribution in [1.29, 1.82) is 0 Å². The molecular formula is C19H21F2NO3S. The van der Waals surface area contributed by atoms with E-state index in [2.05, 4.69) is 6.92 Å². The summed E-state index contributed by atoms with van der Waals surface area (Å²) in [5, 5.41) is 10.6. The summed E-state index contributed by atoms with van der Waals surface area (Å²) in [6, 6.07) is 9.70. The number of ether oxygens (including phenoxy) is 2. The van der Waals surface area contributed by atoms with Crippen molar-refractivity contribution >= 4 is 23.1 Å². The quantitative estimate of drug-likeness (QED) is 0.550. The molecule has 0 saturated heterocycles. The second-order valence-corrected chi connectivity index (χ2v) is 6.06. The fraction of sp³-hybridized carbons (Fsp3) is 0.316. The predicted molar refractivity (Wildman–Crippen MR) is 100 cm³/mol. The highest BCUT2D eigenvalue weighted by Gasteiger charge is 2.18. The predicted octanol–water partition coefficient (Wildman–Crippen LogP) is 5.20. The number of halogens is 2. The molecule has 0 saturated carbocycles. The Kier molecular flexibility index (Phi) is 6.88. The molecule has 0 spiro atoms. The molecule has 140 valence electrons. The lowest BCUT2D eigenvalue weighted by atomic mass is 10.1. The third kappa shape index (κ3) is 4.68. The highest BCUT2D eigenvalue weighted by atomic mass is 32.1. The Hall–Kier alpha value is -2.25. The van der Waals surface area contributed by atoms with Crippen LogP contribution in [-0.4, -0.2) is 17.5 Å². The number of alkyl halides is 2. The number of methoxy groups -OCH3 is 1. The summed E-state index contributed by atoms with van der Waals surface area (Å²) in [4.78, 5) is 0. The molecule has 0 aromatic heterocycles. The SMILES string of the molecule is CCc1ccc(OCc2cc(C(F)F)ccc2N(O)C(=S)OC)c(C)c1. The summed E-state index contributed by atoms with van der Waals surface area (Å²) >= 11 is 4.89. The maximum atomic E-state index is 13.0. The van der Waals surface area contributed by atoms with Gasteiger partial charge in [0.15, 0.2) is 0 Å². The van der Waals surface area contributed by atoms with Crippen LogP contribution in [-0.2, 0) is 17.8 Å². The first kappa shape index (κ1) is 20.1. The molecule has 0 bridgehead atoms. The summed E-state index contributed by atoms with van der Waals surface area (Å²) < 4.78 is 36.7. The van der Waals surface area contributed by atoms with Crippen molar-refractivity contribution in [2.24, 2.45) is 0 Å². The number of hydroxylamine groups is 1. The lowest BCUT2D eigenvalue weighted by molar-refractivity contribution is 0.151. The Morgan fingerprint density at radius 2 is 1.96 bits per heavy atom. The van der Waals surface area contributed by atoms with Crippen molar-refractivity contribution in [3.05, 3.63) is 58.7 Å². The number of hydrogen-bond donors (Lipinski definition) is 1. The first-order valence-electron chi connectivity index (χ1n) is 8.07. The van der Waals surface area contributed by atoms with E-state index in [1.807, 2.05) is 25.1 Å². The van der Waals surface area contributed by atoms with Gasteiger partial charge in [0.25, 0.3) is 11.6 Å². The van der Waals surface area contributed by atoms with Crippen molar-refractivity contribution < 1.29 is 23.5 Å². The monoisotopic (exact) mass is 381 g/mol. The summed E-state index contributed by atoms with van der Waals surface area (Å²) in [5.41, 5.74) is 2.56. The minimum Gasteiger partial charge on any atom is -0.489 e. The number of anilines is 1. The van der Waals surface area contributed by atoms with E-state index in [-0.39, 0.29) is 23.0 Å². The second kappa shape index (κ2) is 8.91. The average molecular weight is 381 g/mol. The number of nitrogens with zero attached hydrogens (tertiary/aromatic N) is 1. The molecule has 26 heavy (non-hydrogen) atoms. The fourth-order valence-corrected chi connectivity index (χ4v) is 2.60. The average Bonchev–Trinajstić information content (AvgIpc) is 2.65. The number of thiocarbonyl (C=S) groups is 1. The molecule has 0 aliphatic heterocycles. The van der Waals surface area contributed by atoms with Gasteiger partial charge in [0.2, 0.25) is 0 Å². The molecule has 1 N–H and O–H groups in total. The molecule has 0 aliphatic carbocycles. The van der Waals surface area contributed by atoms with Crippen LogP contribution in [0.15, 0.2) is 36.4 Å². The molecule has 2 aromatic carbocycles. The third-order valence-electron chi connectivity index (χ3n) is 3.96. The molecule has 7 heteroatoms. The summed E-state index contributed by atoms with van der Waals surface area (Å²) in [7, 11) is 1.31. The van der Waals surface area contributed by atoms with Gasteiger partial charge in [-0.2, -0.15) is 5.06 Å². The number of aryl methyl sites for hydroxylation is 2. The van der Waals surface area contributed by atoms with E-state index in [0.29, 0.717) is 16.4 Å². The molecule has 0 heterocycles. The van der Waals surface area contributed by atoms with Gasteiger partial charge in [-0.1, -0.05) is 25.1 Å². The number of hydrogen-bond acceptors (Lipinski definition) is 4. The highest BCUT2D eigenvalue weighted by molar-refractivity contribution is 7.80. The van der Waals surface area contributed by atoms with E-state index in [4.69, 9.17) is 21.7 Å². The van der Waals surface area contributed by atoms with Gasteiger partial charge in [-0.3, -0.25) is 5.21 Å². The fourth-order valence-electron chi connectivity index (χ4n) is 2.50. The molecule has 4 nitrogen and oxygen atoms in total. The van der Waals surface area contributed by atoms with Gasteiger partial charge in [-0.05, 0) is 54.9 Å². The van der Waals surface area contributed by atoms with Crippen LogP contribution < -0.4 is 9.80 Å². The van der Waals surface area contributed by atoms with Gasteiger partial charge in [0.05, 0.1) is 12.8 Å². The Balaban J connectivity index is 2.30. The summed E-state index contributed by atoms with van der Waals surface area (Å²) in [6.45, 7) is 3.97. The molecule has 0 atom stereocenters. The van der Waals surface area contributed by atoms with Gasteiger partial charge < -0.3 is 9.47 Å². The molecule has 2 aromatic rings. The minimum atomic E-state index is -2.63. The first-order chi connectivity index (χ1) is 12.4. The van der Waals surface area contributed by atoms with E-state index in [0.717, 1.165) is 12.0 Å². The molecule has 0 radical (unpaired) electrons. The maximum Gasteiger partial charge on any atom is 0.288 e. The Labute approximate surface area is 156 Å². The zero-order chi connectivity index (χ0) is 19.3. The lowest BCUT2D eigenvalue weighted by Gasteiger charge is -2.21. The van der Waals surface area contributed by atoms with E-state index in [9.17, 15) is 14.0 Å². The number of benzene rings is 2. The van der Waals surface area contributed by atoms with Crippen LogP contribution in [0.2, 0.25) is 0 Å². The zero-order valence-corrected chi connectivity index (χ0v) is 15.6. The van der Waals surface area contributed by atoms with Crippen LogP contribution in [0.1, 0.15) is 35.6 Å². The molecule has 2 rings (SSSR count). The molecule has 0 aliphatic rings. The van der Waals surface area contributed by atoms with Crippen LogP contribution in [0.5, 0.6) is 5.75 Å². The van der Waals surface area contributed by atoms with Crippen molar-refractivity contribution in [3.63, 3.8) is 0 Å². The largest absolute Gasteiger partial charge is 0.489 e. The van der Waals surface area contributed by atoms with Crippen molar-refractivity contribution in [2.45, 2.75) is 33.3 Å². The minimum absolute atomic E-state index is 0.00834. The zero-order valence-electron chi connectivity index (χ0n) is 14.8. The van der Waals surface area contributed by atoms with Gasteiger partial charge in [-0.25, -0.2) is 8.78 Å². The van der Waals surface area contributed by atoms with Gasteiger partial charge in [0, 0.05) is 11.1 Å². The Morgan fingerprint density at radius 1 is 1.23 bits per heavy atom. The Bertz CT molecular complexity index is 783.